The third kappa shape index (κ3) is 3.88. The van der Waals surface area contributed by atoms with E-state index in [9.17, 15) is 23.1 Å². The number of alkyl halides is 3. The van der Waals surface area contributed by atoms with Gasteiger partial charge in [0.1, 0.15) is 6.54 Å². The van der Waals surface area contributed by atoms with E-state index in [1.54, 1.807) is 5.32 Å². The number of nitrogens with zero attached hydrogens (tertiary/aromatic N) is 1. The zero-order valence-electron chi connectivity index (χ0n) is 8.92. The van der Waals surface area contributed by atoms with Gasteiger partial charge in [0.2, 0.25) is 0 Å². The van der Waals surface area contributed by atoms with Crippen molar-refractivity contribution < 1.29 is 23.1 Å². The van der Waals surface area contributed by atoms with Gasteiger partial charge >= 0.3 is 12.2 Å². The summed E-state index contributed by atoms with van der Waals surface area (Å²) in [5.74, 6) is 0.0756. The number of amides is 2. The fourth-order valence-electron chi connectivity index (χ4n) is 1.52. The number of carbonyl (C=O) groups excluding carboxylic acids is 1. The number of nitrogens with one attached hydrogen (secondary N) is 1. The number of piperidine rings is 1. The van der Waals surface area contributed by atoms with Crippen molar-refractivity contribution in [2.75, 3.05) is 19.6 Å². The van der Waals surface area contributed by atoms with E-state index < -0.39 is 24.9 Å². The summed E-state index contributed by atoms with van der Waals surface area (Å²) in [5.41, 5.74) is 0. The van der Waals surface area contributed by atoms with Crippen LogP contribution in [0.1, 0.15) is 13.3 Å². The van der Waals surface area contributed by atoms with Gasteiger partial charge in [-0.15, -0.1) is 0 Å². The molecule has 0 aliphatic carbocycles. The maximum atomic E-state index is 11.8. The first-order chi connectivity index (χ1) is 7.29. The molecular formula is C9H15F3N2O2. The first-order valence-corrected chi connectivity index (χ1v) is 5.07. The van der Waals surface area contributed by atoms with Crippen LogP contribution in [0.4, 0.5) is 18.0 Å². The summed E-state index contributed by atoms with van der Waals surface area (Å²) in [6.45, 7) is 0.969. The Morgan fingerprint density at radius 1 is 1.56 bits per heavy atom. The van der Waals surface area contributed by atoms with E-state index in [0.717, 1.165) is 0 Å². The van der Waals surface area contributed by atoms with Crippen LogP contribution in [0.2, 0.25) is 0 Å². The highest BCUT2D eigenvalue weighted by atomic mass is 19.4. The molecule has 1 heterocycles. The number of likely N-dealkylation sites (tertiary alicyclic amines) is 1. The molecule has 2 atom stereocenters. The van der Waals surface area contributed by atoms with Crippen LogP contribution in [0, 0.1) is 5.92 Å². The highest BCUT2D eigenvalue weighted by molar-refractivity contribution is 5.74. The van der Waals surface area contributed by atoms with Crippen LogP contribution in [0.15, 0.2) is 0 Å². The van der Waals surface area contributed by atoms with Crippen molar-refractivity contribution in [2.45, 2.75) is 25.6 Å². The van der Waals surface area contributed by atoms with Gasteiger partial charge in [0.25, 0.3) is 0 Å². The zero-order valence-corrected chi connectivity index (χ0v) is 8.92. The Morgan fingerprint density at radius 2 is 2.19 bits per heavy atom. The van der Waals surface area contributed by atoms with Gasteiger partial charge in [-0.05, 0) is 12.3 Å². The van der Waals surface area contributed by atoms with Crippen molar-refractivity contribution in [1.82, 2.24) is 10.2 Å². The number of aliphatic hydroxyl groups is 1. The Labute approximate surface area is 91.4 Å². The number of halogens is 3. The molecule has 2 amide bonds. The summed E-state index contributed by atoms with van der Waals surface area (Å²) in [6, 6.07) is -0.775. The second-order valence-electron chi connectivity index (χ2n) is 4.05. The quantitative estimate of drug-likeness (QED) is 0.717. The molecule has 2 N–H and O–H groups in total. The van der Waals surface area contributed by atoms with Gasteiger partial charge in [-0.3, -0.25) is 0 Å². The van der Waals surface area contributed by atoms with Gasteiger partial charge in [-0.2, -0.15) is 13.2 Å². The Hall–Kier alpha value is -0.980. The average molecular weight is 240 g/mol. The lowest BCUT2D eigenvalue weighted by Crippen LogP contribution is -2.51. The zero-order chi connectivity index (χ0) is 12.3. The van der Waals surface area contributed by atoms with Crippen molar-refractivity contribution in [3.8, 4) is 0 Å². The van der Waals surface area contributed by atoms with Crippen molar-refractivity contribution in [3.63, 3.8) is 0 Å². The van der Waals surface area contributed by atoms with Gasteiger partial charge in [-0.1, -0.05) is 6.92 Å². The first-order valence-electron chi connectivity index (χ1n) is 5.07. The van der Waals surface area contributed by atoms with Crippen LogP contribution in [-0.4, -0.2) is 48.0 Å². The molecule has 0 radical (unpaired) electrons. The smallest absolute Gasteiger partial charge is 0.391 e. The normalized spacial score (nSPS) is 26.7. The van der Waals surface area contributed by atoms with Crippen LogP contribution in [0.25, 0.3) is 0 Å². The van der Waals surface area contributed by atoms with Crippen LogP contribution >= 0.6 is 0 Å². The van der Waals surface area contributed by atoms with E-state index >= 15 is 0 Å². The Balaban J connectivity index is 2.38. The average Bonchev–Trinajstić information content (AvgIpc) is 2.17. The monoisotopic (exact) mass is 240 g/mol. The fourth-order valence-corrected chi connectivity index (χ4v) is 1.52. The fraction of sp³-hybridized carbons (Fsp3) is 0.889. The van der Waals surface area contributed by atoms with E-state index in [2.05, 4.69) is 0 Å². The topological polar surface area (TPSA) is 52.6 Å². The van der Waals surface area contributed by atoms with E-state index in [4.69, 9.17) is 0 Å². The first kappa shape index (κ1) is 13.1. The van der Waals surface area contributed by atoms with Crippen LogP contribution in [0.3, 0.4) is 0 Å². The molecule has 7 heteroatoms. The van der Waals surface area contributed by atoms with E-state index in [-0.39, 0.29) is 12.5 Å². The minimum Gasteiger partial charge on any atom is -0.391 e. The van der Waals surface area contributed by atoms with Crippen LogP contribution in [0.5, 0.6) is 0 Å². The molecular weight excluding hydrogens is 225 g/mol. The standard InChI is InChI=1S/C9H15F3N2O2/c1-6-2-3-14(4-7(6)15)8(16)13-5-9(10,11)12/h6-7,15H,2-5H2,1H3,(H,13,16). The van der Waals surface area contributed by atoms with Gasteiger partial charge in [-0.25, -0.2) is 4.79 Å². The lowest BCUT2D eigenvalue weighted by molar-refractivity contribution is -0.123. The summed E-state index contributed by atoms with van der Waals surface area (Å²) < 4.78 is 35.5. The molecule has 2 unspecified atom stereocenters. The Morgan fingerprint density at radius 3 is 2.69 bits per heavy atom. The number of urea groups is 1. The van der Waals surface area contributed by atoms with Gasteiger partial charge in [0.05, 0.1) is 6.10 Å². The molecule has 1 fully saturated rings. The molecule has 0 bridgehead atoms. The predicted molar refractivity (Wildman–Crippen MR) is 50.8 cm³/mol. The number of β-amino-alcohol motifs (C(OH)–C–C–N with tert-alkyl or cyclic N) is 1. The maximum absolute atomic E-state index is 11.8. The summed E-state index contributed by atoms with van der Waals surface area (Å²) in [6.07, 6.45) is -4.47. The van der Waals surface area contributed by atoms with Gasteiger partial charge in [0, 0.05) is 13.1 Å². The largest absolute Gasteiger partial charge is 0.405 e. The second-order valence-corrected chi connectivity index (χ2v) is 4.05. The second kappa shape index (κ2) is 4.90. The highest BCUT2D eigenvalue weighted by Gasteiger charge is 2.31. The Kier molecular flexibility index (Phi) is 4.01. The molecule has 16 heavy (non-hydrogen) atoms. The molecule has 0 aromatic rings. The predicted octanol–water partition coefficient (Wildman–Crippen LogP) is 0.961. The van der Waals surface area contributed by atoms with Gasteiger partial charge in [0.15, 0.2) is 0 Å². The van der Waals surface area contributed by atoms with Gasteiger partial charge < -0.3 is 15.3 Å². The third-order valence-corrected chi connectivity index (χ3v) is 2.65. The van der Waals surface area contributed by atoms with Crippen molar-refractivity contribution in [3.05, 3.63) is 0 Å². The number of hydrogen-bond donors (Lipinski definition) is 2. The van der Waals surface area contributed by atoms with E-state index in [1.807, 2.05) is 6.92 Å². The summed E-state index contributed by atoms with van der Waals surface area (Å²) in [4.78, 5) is 12.5. The van der Waals surface area contributed by atoms with Crippen LogP contribution in [-0.2, 0) is 0 Å². The molecule has 0 aromatic carbocycles. The molecule has 1 aliphatic rings. The molecule has 4 nitrogen and oxygen atoms in total. The van der Waals surface area contributed by atoms with Crippen molar-refractivity contribution in [2.24, 2.45) is 5.92 Å². The molecule has 1 saturated heterocycles. The summed E-state index contributed by atoms with van der Waals surface area (Å²) >= 11 is 0. The maximum Gasteiger partial charge on any atom is 0.405 e. The highest BCUT2D eigenvalue weighted by Crippen LogP contribution is 2.17. The molecule has 0 saturated carbocycles. The molecule has 94 valence electrons. The lowest BCUT2D eigenvalue weighted by atomic mass is 9.96. The summed E-state index contributed by atoms with van der Waals surface area (Å²) in [5, 5.41) is 11.3. The SMILES string of the molecule is CC1CCN(C(=O)NCC(F)(F)F)CC1O. The minimum absolute atomic E-state index is 0.0756. The number of rotatable bonds is 1. The van der Waals surface area contributed by atoms with Crippen molar-refractivity contribution >= 4 is 6.03 Å². The summed E-state index contributed by atoms with van der Waals surface area (Å²) in [7, 11) is 0. The van der Waals surface area contributed by atoms with E-state index in [1.165, 1.54) is 4.90 Å². The molecule has 1 rings (SSSR count). The minimum atomic E-state index is -4.41. The van der Waals surface area contributed by atoms with Crippen LogP contribution < -0.4 is 5.32 Å². The molecule has 0 spiro atoms. The van der Waals surface area contributed by atoms with E-state index in [0.29, 0.717) is 13.0 Å². The number of aliphatic hydroxyl groups excluding tert-OH is 1. The lowest BCUT2D eigenvalue weighted by Gasteiger charge is -2.34. The Bertz CT molecular complexity index is 258. The third-order valence-electron chi connectivity index (χ3n) is 2.65. The number of carbonyl (C=O) groups is 1. The molecule has 1 aliphatic heterocycles. The van der Waals surface area contributed by atoms with Crippen molar-refractivity contribution in [1.29, 1.82) is 0 Å². The number of hydrogen-bond acceptors (Lipinski definition) is 2. The molecule has 0 aromatic heterocycles.